The summed E-state index contributed by atoms with van der Waals surface area (Å²) in [6.45, 7) is 6.51. The maximum Gasteiger partial charge on any atom is 0.0947 e. The second-order valence-corrected chi connectivity index (χ2v) is 3.00. The van der Waals surface area contributed by atoms with Crippen LogP contribution in [0.25, 0.3) is 0 Å². The van der Waals surface area contributed by atoms with E-state index in [-0.39, 0.29) is 0 Å². The van der Waals surface area contributed by atoms with Crippen LogP contribution in [0, 0.1) is 6.42 Å². The maximum absolute atomic E-state index is 2.23. The lowest BCUT2D eigenvalue weighted by molar-refractivity contribution is 1.07. The van der Waals surface area contributed by atoms with E-state index in [2.05, 4.69) is 45.4 Å². The van der Waals surface area contributed by atoms with Gasteiger partial charge in [-0.25, -0.2) is 0 Å². The summed E-state index contributed by atoms with van der Waals surface area (Å²) in [5, 5.41) is 0. The first-order valence-corrected chi connectivity index (χ1v) is 4.13. The minimum Gasteiger partial charge on any atom is -0.0529 e. The van der Waals surface area contributed by atoms with Crippen LogP contribution in [0.2, 0.25) is 0 Å². The van der Waals surface area contributed by atoms with Gasteiger partial charge in [-0.1, -0.05) is 6.92 Å². The lowest BCUT2D eigenvalue weighted by Crippen LogP contribution is -1.89. The van der Waals surface area contributed by atoms with Crippen molar-refractivity contribution < 1.29 is 0 Å². The molecule has 0 unspecified atom stereocenters. The molecule has 0 saturated heterocycles. The van der Waals surface area contributed by atoms with E-state index in [0.717, 1.165) is 6.42 Å². The summed E-state index contributed by atoms with van der Waals surface area (Å²) >= 11 is 0. The fraction of sp³-hybridized carbons (Fsp3) is 0.364. The van der Waals surface area contributed by atoms with Gasteiger partial charge in [-0.3, -0.25) is 0 Å². The van der Waals surface area contributed by atoms with Gasteiger partial charge >= 0.3 is 0 Å². The molecule has 0 spiro atoms. The molecule has 0 radical (unpaired) electrons. The highest BCUT2D eigenvalue weighted by Gasteiger charge is 2.08. The SMILES string of the molecule is CC/C(C)=C1/C=C(C)C=C[CH+]1. The van der Waals surface area contributed by atoms with E-state index < -0.39 is 0 Å². The minimum atomic E-state index is 1.14. The van der Waals surface area contributed by atoms with Crippen LogP contribution in [0.4, 0.5) is 0 Å². The van der Waals surface area contributed by atoms with Crippen molar-refractivity contribution in [2.24, 2.45) is 0 Å². The third kappa shape index (κ3) is 2.01. The first-order chi connectivity index (χ1) is 5.24. The van der Waals surface area contributed by atoms with Crippen molar-refractivity contribution in [3.05, 3.63) is 41.4 Å². The van der Waals surface area contributed by atoms with E-state index >= 15 is 0 Å². The molecule has 1 aliphatic rings. The Morgan fingerprint density at radius 3 is 2.82 bits per heavy atom. The highest BCUT2D eigenvalue weighted by atomic mass is 14.1. The van der Waals surface area contributed by atoms with Crippen LogP contribution < -0.4 is 0 Å². The Kier molecular flexibility index (Phi) is 2.58. The van der Waals surface area contributed by atoms with Crippen LogP contribution in [0.5, 0.6) is 0 Å². The van der Waals surface area contributed by atoms with Gasteiger partial charge in [-0.05, 0) is 13.8 Å². The average Bonchev–Trinajstić information content (AvgIpc) is 2.03. The topological polar surface area (TPSA) is 0 Å². The van der Waals surface area contributed by atoms with Gasteiger partial charge in [-0.15, -0.1) is 0 Å². The van der Waals surface area contributed by atoms with Crippen LogP contribution >= 0.6 is 0 Å². The third-order valence-corrected chi connectivity index (χ3v) is 2.04. The highest BCUT2D eigenvalue weighted by molar-refractivity contribution is 5.45. The molecule has 0 atom stereocenters. The summed E-state index contributed by atoms with van der Waals surface area (Å²) in [6, 6.07) is 0. The minimum absolute atomic E-state index is 1.14. The molecule has 0 aliphatic heterocycles. The Morgan fingerprint density at radius 1 is 1.55 bits per heavy atom. The van der Waals surface area contributed by atoms with Crippen LogP contribution in [0.1, 0.15) is 27.2 Å². The van der Waals surface area contributed by atoms with E-state index in [1.807, 2.05) is 0 Å². The summed E-state index contributed by atoms with van der Waals surface area (Å²) in [5.74, 6) is 0. The van der Waals surface area contributed by atoms with Gasteiger partial charge in [0.05, 0.1) is 5.57 Å². The molecule has 0 saturated carbocycles. The van der Waals surface area contributed by atoms with Crippen molar-refractivity contribution in [2.45, 2.75) is 27.2 Å². The normalized spacial score (nSPS) is 20.8. The highest BCUT2D eigenvalue weighted by Crippen LogP contribution is 2.19. The van der Waals surface area contributed by atoms with Gasteiger partial charge < -0.3 is 0 Å². The number of hydrogen-bond acceptors (Lipinski definition) is 0. The summed E-state index contributed by atoms with van der Waals surface area (Å²) in [5.41, 5.74) is 4.19. The summed E-state index contributed by atoms with van der Waals surface area (Å²) in [7, 11) is 0. The second kappa shape index (κ2) is 3.47. The Hall–Kier alpha value is -0.910. The average molecular weight is 147 g/mol. The van der Waals surface area contributed by atoms with E-state index in [0.29, 0.717) is 0 Å². The molecule has 1 aliphatic carbocycles. The standard InChI is InChI=1S/C11H15/c1-4-10(3)11-7-5-6-9(2)8-11/h5-8H,4H2,1-3H3/q+1/b11-10+. The Bertz CT molecular complexity index is 226. The zero-order valence-electron chi connectivity index (χ0n) is 7.52. The molecule has 11 heavy (non-hydrogen) atoms. The number of rotatable bonds is 1. The molecule has 0 aromatic carbocycles. The summed E-state index contributed by atoms with van der Waals surface area (Å²) < 4.78 is 0. The van der Waals surface area contributed by atoms with Crippen molar-refractivity contribution in [1.82, 2.24) is 0 Å². The fourth-order valence-corrected chi connectivity index (χ4v) is 1.11. The van der Waals surface area contributed by atoms with E-state index in [1.165, 1.54) is 16.7 Å². The summed E-state index contributed by atoms with van der Waals surface area (Å²) in [4.78, 5) is 0. The fourth-order valence-electron chi connectivity index (χ4n) is 1.11. The zero-order valence-corrected chi connectivity index (χ0v) is 7.52. The largest absolute Gasteiger partial charge is 0.0947 e. The maximum atomic E-state index is 2.23. The first kappa shape index (κ1) is 8.19. The van der Waals surface area contributed by atoms with Crippen LogP contribution in [0.15, 0.2) is 34.9 Å². The Morgan fingerprint density at radius 2 is 2.27 bits per heavy atom. The smallest absolute Gasteiger partial charge is 0.0529 e. The molecular formula is C11H15+. The molecule has 58 valence electrons. The molecule has 0 fully saturated rings. The molecule has 0 heterocycles. The first-order valence-electron chi connectivity index (χ1n) is 4.13. The monoisotopic (exact) mass is 147 g/mol. The molecule has 0 aromatic rings. The molecular weight excluding hydrogens is 132 g/mol. The van der Waals surface area contributed by atoms with E-state index in [9.17, 15) is 0 Å². The van der Waals surface area contributed by atoms with E-state index in [4.69, 9.17) is 0 Å². The molecule has 0 bridgehead atoms. The molecule has 0 nitrogen and oxygen atoms in total. The van der Waals surface area contributed by atoms with Crippen LogP contribution in [-0.4, -0.2) is 0 Å². The Balaban J connectivity index is 2.86. The Labute approximate surface area is 69.3 Å². The molecule has 0 aromatic heterocycles. The molecule has 0 heteroatoms. The predicted molar refractivity (Wildman–Crippen MR) is 50.2 cm³/mol. The van der Waals surface area contributed by atoms with E-state index in [1.54, 1.807) is 0 Å². The lowest BCUT2D eigenvalue weighted by atomic mass is 9.97. The van der Waals surface area contributed by atoms with Gasteiger partial charge in [0.15, 0.2) is 0 Å². The predicted octanol–water partition coefficient (Wildman–Crippen LogP) is 3.43. The zero-order chi connectivity index (χ0) is 8.27. The van der Waals surface area contributed by atoms with Crippen molar-refractivity contribution in [3.63, 3.8) is 0 Å². The molecule has 1 rings (SSSR count). The van der Waals surface area contributed by atoms with Crippen molar-refractivity contribution in [3.8, 4) is 0 Å². The van der Waals surface area contributed by atoms with Gasteiger partial charge in [-0.2, -0.15) is 0 Å². The van der Waals surface area contributed by atoms with Gasteiger partial charge in [0.25, 0.3) is 0 Å². The van der Waals surface area contributed by atoms with Crippen molar-refractivity contribution >= 4 is 0 Å². The second-order valence-electron chi connectivity index (χ2n) is 3.00. The lowest BCUT2D eigenvalue weighted by Gasteiger charge is -2.00. The van der Waals surface area contributed by atoms with Gasteiger partial charge in [0.1, 0.15) is 0 Å². The number of hydrogen-bond donors (Lipinski definition) is 0. The van der Waals surface area contributed by atoms with Gasteiger partial charge in [0, 0.05) is 42.2 Å². The van der Waals surface area contributed by atoms with Crippen LogP contribution in [0.3, 0.4) is 0 Å². The number of allylic oxidation sites excluding steroid dienone is 6. The third-order valence-electron chi connectivity index (χ3n) is 2.04. The summed E-state index contributed by atoms with van der Waals surface area (Å²) in [6.07, 6.45) is 9.80. The van der Waals surface area contributed by atoms with Crippen molar-refractivity contribution in [2.75, 3.05) is 0 Å². The quantitative estimate of drug-likeness (QED) is 0.498. The van der Waals surface area contributed by atoms with Gasteiger partial charge in [0.2, 0.25) is 0 Å². The van der Waals surface area contributed by atoms with Crippen LogP contribution in [-0.2, 0) is 0 Å². The molecule has 0 amide bonds. The van der Waals surface area contributed by atoms with Crippen molar-refractivity contribution in [1.29, 1.82) is 0 Å². The molecule has 0 N–H and O–H groups in total.